The van der Waals surface area contributed by atoms with Crippen molar-refractivity contribution >= 4 is 5.69 Å². The van der Waals surface area contributed by atoms with E-state index in [-0.39, 0.29) is 10.9 Å². The van der Waals surface area contributed by atoms with E-state index in [9.17, 15) is 0 Å². The number of nitrogens with zero attached hydrogens (tertiary/aromatic N) is 2. The van der Waals surface area contributed by atoms with Crippen LogP contribution in [0.2, 0.25) is 0 Å². The van der Waals surface area contributed by atoms with Gasteiger partial charge in [-0.1, -0.05) is 0 Å². The van der Waals surface area contributed by atoms with Gasteiger partial charge in [-0.15, -0.1) is 5.23 Å². The largest absolute Gasteiger partial charge is 0.264 e. The highest BCUT2D eigenvalue weighted by atomic mass is 16.8. The maximum absolute atomic E-state index is 8.49. The summed E-state index contributed by atoms with van der Waals surface area (Å²) >= 11 is 0. The molecule has 0 saturated carbocycles. The molecule has 0 unspecified atom stereocenters. The van der Waals surface area contributed by atoms with E-state index in [0.717, 1.165) is 0 Å². The molecule has 4 nitrogen and oxygen atoms in total. The molecule has 0 aliphatic carbocycles. The highest BCUT2D eigenvalue weighted by Gasteiger charge is 1.96. The first-order valence-electron chi connectivity index (χ1n) is 2.92. The predicted molar refractivity (Wildman–Crippen MR) is 37.2 cm³/mol. The quantitative estimate of drug-likeness (QED) is 0.589. The van der Waals surface area contributed by atoms with Crippen molar-refractivity contribution in [1.82, 2.24) is 0 Å². The van der Waals surface area contributed by atoms with Gasteiger partial charge in [0.25, 0.3) is 0 Å². The van der Waals surface area contributed by atoms with Crippen LogP contribution >= 0.6 is 0 Å². The Bertz CT molecular complexity index is 273. The molecule has 0 aliphatic heterocycles. The second-order valence-electron chi connectivity index (χ2n) is 1.95. The molecule has 0 bridgehead atoms. The second-order valence-corrected chi connectivity index (χ2v) is 1.95. The Balaban J connectivity index is 2.94. The molecule has 1 rings (SSSR count). The Morgan fingerprint density at radius 2 is 1.73 bits per heavy atom. The molecule has 11 heavy (non-hydrogen) atoms. The highest BCUT2D eigenvalue weighted by Crippen LogP contribution is 2.10. The third-order valence-electron chi connectivity index (χ3n) is 1.23. The average molecular weight is 150 g/mol. The zero-order valence-electron chi connectivity index (χ0n) is 5.60. The summed E-state index contributed by atoms with van der Waals surface area (Å²) in [6.45, 7) is 0. The van der Waals surface area contributed by atoms with Crippen LogP contribution in [-0.2, 0) is 0 Å². The molecule has 0 atom stereocenters. The molecular weight excluding hydrogens is 144 g/mol. The van der Waals surface area contributed by atoms with Crippen LogP contribution in [-0.4, -0.2) is 10.4 Å². The highest BCUT2D eigenvalue weighted by molar-refractivity contribution is 5.45. The molecule has 0 fully saturated rings. The Kier molecular flexibility index (Phi) is 2.06. The van der Waals surface area contributed by atoms with Crippen LogP contribution in [0, 0.1) is 11.3 Å². The minimum Gasteiger partial charge on any atom is -0.264 e. The molecule has 4 heteroatoms. The Hall–Kier alpha value is -1.57. The molecule has 0 aromatic heterocycles. The van der Waals surface area contributed by atoms with Crippen molar-refractivity contribution in [2.45, 2.75) is 0 Å². The summed E-state index contributed by atoms with van der Waals surface area (Å²) in [6, 6.07) is 7.76. The van der Waals surface area contributed by atoms with Crippen LogP contribution in [0.25, 0.3) is 0 Å². The molecule has 56 valence electrons. The molecule has 0 heterocycles. The maximum atomic E-state index is 8.49. The van der Waals surface area contributed by atoms with E-state index in [0.29, 0.717) is 5.56 Å². The zero-order valence-corrected chi connectivity index (χ0v) is 5.60. The van der Waals surface area contributed by atoms with Crippen molar-refractivity contribution in [1.29, 1.82) is 5.26 Å². The van der Waals surface area contributed by atoms with Crippen molar-refractivity contribution in [3.63, 3.8) is 0 Å². The number of hydrogen-bond acceptors (Lipinski definition) is 4. The van der Waals surface area contributed by atoms with Crippen LogP contribution in [0.15, 0.2) is 24.3 Å². The van der Waals surface area contributed by atoms with Crippen molar-refractivity contribution in [2.24, 2.45) is 0 Å². The first-order valence-corrected chi connectivity index (χ1v) is 2.92. The summed E-state index contributed by atoms with van der Waals surface area (Å²) in [5, 5.41) is 25.4. The summed E-state index contributed by atoms with van der Waals surface area (Å²) in [5.41, 5.74) is 0.708. The number of hydrogen-bond donors (Lipinski definition) is 2. The molecule has 0 radical (unpaired) electrons. The van der Waals surface area contributed by atoms with Gasteiger partial charge in [0.1, 0.15) is 0 Å². The van der Waals surface area contributed by atoms with Crippen molar-refractivity contribution in [3.05, 3.63) is 29.8 Å². The van der Waals surface area contributed by atoms with E-state index < -0.39 is 0 Å². The fraction of sp³-hybridized carbons (Fsp3) is 0. The van der Waals surface area contributed by atoms with Gasteiger partial charge in [-0.3, -0.25) is 10.4 Å². The lowest BCUT2D eigenvalue weighted by atomic mass is 10.2. The lowest BCUT2D eigenvalue weighted by Gasteiger charge is -2.05. The van der Waals surface area contributed by atoms with Crippen molar-refractivity contribution in [2.75, 3.05) is 5.23 Å². The minimum atomic E-state index is 0.00115. The average Bonchev–Trinajstić information content (AvgIpc) is 2.05. The van der Waals surface area contributed by atoms with E-state index in [1.807, 2.05) is 6.07 Å². The smallest absolute Gasteiger partial charge is 0.0991 e. The number of rotatable bonds is 1. The first kappa shape index (κ1) is 7.54. The summed E-state index contributed by atoms with van der Waals surface area (Å²) < 4.78 is 0. The minimum absolute atomic E-state index is 0.00115. The van der Waals surface area contributed by atoms with Gasteiger partial charge in [-0.05, 0) is 24.3 Å². The second kappa shape index (κ2) is 3.01. The van der Waals surface area contributed by atoms with Gasteiger partial charge in [-0.2, -0.15) is 5.26 Å². The topological polar surface area (TPSA) is 67.5 Å². The molecule has 0 saturated heterocycles. The number of benzene rings is 1. The van der Waals surface area contributed by atoms with Crippen LogP contribution < -0.4 is 5.23 Å². The van der Waals surface area contributed by atoms with Crippen molar-refractivity contribution in [3.8, 4) is 6.07 Å². The monoisotopic (exact) mass is 150 g/mol. The fourth-order valence-corrected chi connectivity index (χ4v) is 0.669. The molecule has 0 aliphatic rings. The lowest BCUT2D eigenvalue weighted by Crippen LogP contribution is -2.10. The van der Waals surface area contributed by atoms with Gasteiger partial charge in [0.05, 0.1) is 17.3 Å². The number of nitriles is 1. The summed E-state index contributed by atoms with van der Waals surface area (Å²) in [7, 11) is 0. The van der Waals surface area contributed by atoms with Gasteiger partial charge in [0.15, 0.2) is 0 Å². The Morgan fingerprint density at radius 1 is 1.18 bits per heavy atom. The SMILES string of the molecule is N#Cc1ccc(N(O)O)cc1. The zero-order chi connectivity index (χ0) is 8.27. The lowest BCUT2D eigenvalue weighted by molar-refractivity contribution is 0.0291. The van der Waals surface area contributed by atoms with Crippen LogP contribution in [0.4, 0.5) is 5.69 Å². The number of anilines is 1. The fourth-order valence-electron chi connectivity index (χ4n) is 0.669. The van der Waals surface area contributed by atoms with Crippen LogP contribution in [0.1, 0.15) is 5.56 Å². The Morgan fingerprint density at radius 3 is 2.09 bits per heavy atom. The van der Waals surface area contributed by atoms with Crippen molar-refractivity contribution < 1.29 is 10.4 Å². The summed E-state index contributed by atoms with van der Waals surface area (Å²) in [6.07, 6.45) is 0. The van der Waals surface area contributed by atoms with Gasteiger partial charge in [0, 0.05) is 0 Å². The van der Waals surface area contributed by atoms with E-state index >= 15 is 0 Å². The molecule has 0 spiro atoms. The normalized spacial score (nSPS) is 8.82. The van der Waals surface area contributed by atoms with Crippen LogP contribution in [0.3, 0.4) is 0 Å². The van der Waals surface area contributed by atoms with E-state index in [1.54, 1.807) is 0 Å². The van der Waals surface area contributed by atoms with Crippen LogP contribution in [0.5, 0.6) is 0 Å². The molecule has 0 amide bonds. The summed E-state index contributed by atoms with van der Waals surface area (Å²) in [4.78, 5) is 0. The van der Waals surface area contributed by atoms with Gasteiger partial charge in [-0.25, -0.2) is 0 Å². The first-order chi connectivity index (χ1) is 5.24. The standard InChI is InChI=1S/C7H6N2O2/c8-5-6-1-3-7(4-2-6)9(10)11/h1-4,10-11H. The third kappa shape index (κ3) is 1.67. The molecular formula is C7H6N2O2. The molecule has 2 N–H and O–H groups in total. The van der Waals surface area contributed by atoms with E-state index in [1.165, 1.54) is 24.3 Å². The predicted octanol–water partition coefficient (Wildman–Crippen LogP) is 1.14. The van der Waals surface area contributed by atoms with Gasteiger partial charge < -0.3 is 0 Å². The van der Waals surface area contributed by atoms with Gasteiger partial charge in [0.2, 0.25) is 0 Å². The van der Waals surface area contributed by atoms with E-state index in [2.05, 4.69) is 0 Å². The molecule has 1 aromatic carbocycles. The third-order valence-corrected chi connectivity index (χ3v) is 1.23. The molecule has 1 aromatic rings. The van der Waals surface area contributed by atoms with Gasteiger partial charge >= 0.3 is 0 Å². The Labute approximate surface area is 63.4 Å². The van der Waals surface area contributed by atoms with E-state index in [4.69, 9.17) is 15.7 Å². The maximum Gasteiger partial charge on any atom is 0.0991 e. The summed E-state index contributed by atoms with van der Waals surface area (Å²) in [5.74, 6) is 0.